The molecule has 0 fully saturated rings. The van der Waals surface area contributed by atoms with E-state index in [9.17, 15) is 9.50 Å². The second kappa shape index (κ2) is 6.22. The molecule has 2 aromatic carbocycles. The molecule has 0 saturated heterocycles. The van der Waals surface area contributed by atoms with Crippen LogP contribution in [0.3, 0.4) is 0 Å². The molecule has 22 heavy (non-hydrogen) atoms. The number of rotatable bonds is 3. The van der Waals surface area contributed by atoms with E-state index in [4.69, 9.17) is 0 Å². The van der Waals surface area contributed by atoms with Gasteiger partial charge in [-0.15, -0.1) is 0 Å². The zero-order valence-electron chi connectivity index (χ0n) is 11.8. The number of nitrogens with zero attached hydrogens (tertiary/aromatic N) is 1. The minimum Gasteiger partial charge on any atom is -0.507 e. The molecule has 0 aliphatic rings. The van der Waals surface area contributed by atoms with Gasteiger partial charge in [0.15, 0.2) is 0 Å². The molecular formula is C19H14FNO. The fraction of sp³-hybridized carbons (Fsp3) is 0. The van der Waals surface area contributed by atoms with Crippen LogP contribution in [0.25, 0.3) is 11.6 Å². The number of hydrogen-bond acceptors (Lipinski definition) is 2. The lowest BCUT2D eigenvalue weighted by Gasteiger charge is -2.10. The molecule has 0 saturated carbocycles. The Hall–Kier alpha value is -2.94. The quantitative estimate of drug-likeness (QED) is 0.770. The van der Waals surface area contributed by atoms with Gasteiger partial charge in [0.25, 0.3) is 0 Å². The highest BCUT2D eigenvalue weighted by atomic mass is 19.1. The molecule has 0 radical (unpaired) electrons. The van der Waals surface area contributed by atoms with Crippen molar-refractivity contribution in [3.8, 4) is 5.75 Å². The van der Waals surface area contributed by atoms with Crippen molar-refractivity contribution in [1.29, 1.82) is 0 Å². The monoisotopic (exact) mass is 291 g/mol. The molecular weight excluding hydrogens is 277 g/mol. The van der Waals surface area contributed by atoms with Crippen molar-refractivity contribution in [2.75, 3.05) is 0 Å². The van der Waals surface area contributed by atoms with Gasteiger partial charge >= 0.3 is 0 Å². The van der Waals surface area contributed by atoms with Gasteiger partial charge in [-0.05, 0) is 41.5 Å². The van der Waals surface area contributed by atoms with Crippen molar-refractivity contribution in [1.82, 2.24) is 4.98 Å². The van der Waals surface area contributed by atoms with E-state index < -0.39 is 5.82 Å². The Morgan fingerprint density at radius 3 is 2.41 bits per heavy atom. The number of aromatic hydroxyl groups is 1. The third kappa shape index (κ3) is 3.04. The molecule has 0 spiro atoms. The van der Waals surface area contributed by atoms with Gasteiger partial charge in [-0.2, -0.15) is 0 Å². The molecule has 3 heteroatoms. The molecule has 3 aromatic rings. The largest absolute Gasteiger partial charge is 0.507 e. The predicted molar refractivity (Wildman–Crippen MR) is 85.7 cm³/mol. The van der Waals surface area contributed by atoms with E-state index in [0.717, 1.165) is 22.9 Å². The minimum atomic E-state index is -0.466. The molecule has 0 bridgehead atoms. The normalized spacial score (nSPS) is 11.4. The number of halogens is 1. The zero-order chi connectivity index (χ0) is 15.4. The summed E-state index contributed by atoms with van der Waals surface area (Å²) < 4.78 is 13.2. The lowest BCUT2D eigenvalue weighted by molar-refractivity contribution is 0.467. The van der Waals surface area contributed by atoms with Crippen LogP contribution in [0.4, 0.5) is 4.39 Å². The van der Waals surface area contributed by atoms with Crippen LogP contribution in [-0.2, 0) is 0 Å². The van der Waals surface area contributed by atoms with Crippen LogP contribution in [0.1, 0.15) is 16.8 Å². The van der Waals surface area contributed by atoms with Crippen LogP contribution < -0.4 is 0 Å². The first-order valence-corrected chi connectivity index (χ1v) is 6.91. The van der Waals surface area contributed by atoms with Gasteiger partial charge in [0.1, 0.15) is 11.6 Å². The number of aromatic nitrogens is 1. The van der Waals surface area contributed by atoms with Gasteiger partial charge in [-0.25, -0.2) is 4.39 Å². The summed E-state index contributed by atoms with van der Waals surface area (Å²) in [4.78, 5) is 4.28. The molecule has 1 heterocycles. The SMILES string of the molecule is Oc1cc(F)ccc1/C(=C/c1ccccn1)c1ccccc1. The smallest absolute Gasteiger partial charge is 0.126 e. The second-order valence-electron chi connectivity index (χ2n) is 4.84. The summed E-state index contributed by atoms with van der Waals surface area (Å²) in [7, 11) is 0. The van der Waals surface area contributed by atoms with E-state index in [-0.39, 0.29) is 5.75 Å². The molecule has 0 amide bonds. The lowest BCUT2D eigenvalue weighted by Crippen LogP contribution is -1.91. The number of phenolic OH excluding ortho intramolecular Hbond substituents is 1. The average molecular weight is 291 g/mol. The predicted octanol–water partition coefficient (Wildman–Crippen LogP) is 4.52. The Morgan fingerprint density at radius 1 is 0.955 bits per heavy atom. The fourth-order valence-corrected chi connectivity index (χ4v) is 2.28. The number of pyridine rings is 1. The van der Waals surface area contributed by atoms with Gasteiger partial charge in [0.05, 0.1) is 5.69 Å². The van der Waals surface area contributed by atoms with Crippen molar-refractivity contribution in [2.24, 2.45) is 0 Å². The van der Waals surface area contributed by atoms with Gasteiger partial charge in [0.2, 0.25) is 0 Å². The summed E-state index contributed by atoms with van der Waals surface area (Å²) in [6.45, 7) is 0. The summed E-state index contributed by atoms with van der Waals surface area (Å²) in [6, 6.07) is 19.3. The van der Waals surface area contributed by atoms with E-state index in [1.807, 2.05) is 54.6 Å². The molecule has 1 N–H and O–H groups in total. The van der Waals surface area contributed by atoms with Crippen LogP contribution in [0, 0.1) is 5.82 Å². The Bertz CT molecular complexity index is 798. The van der Waals surface area contributed by atoms with Crippen molar-refractivity contribution < 1.29 is 9.50 Å². The third-order valence-corrected chi connectivity index (χ3v) is 3.31. The lowest BCUT2D eigenvalue weighted by atomic mass is 9.96. The molecule has 0 aliphatic carbocycles. The van der Waals surface area contributed by atoms with Crippen LogP contribution in [-0.4, -0.2) is 10.1 Å². The van der Waals surface area contributed by atoms with Crippen LogP contribution in [0.15, 0.2) is 72.9 Å². The summed E-state index contributed by atoms with van der Waals surface area (Å²) in [5.41, 5.74) is 3.05. The minimum absolute atomic E-state index is 0.0916. The molecule has 3 rings (SSSR count). The van der Waals surface area contributed by atoms with Gasteiger partial charge < -0.3 is 5.11 Å². The highest BCUT2D eigenvalue weighted by molar-refractivity contribution is 5.92. The maximum atomic E-state index is 13.2. The molecule has 2 nitrogen and oxygen atoms in total. The highest BCUT2D eigenvalue weighted by Gasteiger charge is 2.11. The molecule has 108 valence electrons. The Kier molecular flexibility index (Phi) is 3.97. The average Bonchev–Trinajstić information content (AvgIpc) is 2.55. The Morgan fingerprint density at radius 2 is 1.73 bits per heavy atom. The van der Waals surface area contributed by atoms with E-state index in [0.29, 0.717) is 5.56 Å². The zero-order valence-corrected chi connectivity index (χ0v) is 11.8. The summed E-state index contributed by atoms with van der Waals surface area (Å²) in [5, 5.41) is 10.1. The standard InChI is InChI=1S/C19H14FNO/c20-15-9-10-17(19(22)12-15)18(14-6-2-1-3-7-14)13-16-8-4-5-11-21-16/h1-13,22H/b18-13+. The third-order valence-electron chi connectivity index (χ3n) is 3.31. The first kappa shape index (κ1) is 14.0. The van der Waals surface area contributed by atoms with Crippen LogP contribution in [0.5, 0.6) is 5.75 Å². The Labute approximate surface area is 128 Å². The molecule has 0 atom stereocenters. The summed E-state index contributed by atoms with van der Waals surface area (Å²) in [6.07, 6.45) is 3.58. The summed E-state index contributed by atoms with van der Waals surface area (Å²) in [5.74, 6) is -0.558. The summed E-state index contributed by atoms with van der Waals surface area (Å²) >= 11 is 0. The number of benzene rings is 2. The maximum absolute atomic E-state index is 13.2. The number of phenols is 1. The fourth-order valence-electron chi connectivity index (χ4n) is 2.28. The van der Waals surface area contributed by atoms with Crippen molar-refractivity contribution in [3.05, 3.63) is 95.6 Å². The Balaban J connectivity index is 2.17. The molecule has 0 unspecified atom stereocenters. The van der Waals surface area contributed by atoms with Crippen molar-refractivity contribution >= 4 is 11.6 Å². The van der Waals surface area contributed by atoms with Crippen molar-refractivity contribution in [3.63, 3.8) is 0 Å². The molecule has 0 aliphatic heterocycles. The first-order valence-electron chi connectivity index (χ1n) is 6.91. The first-order chi connectivity index (χ1) is 10.7. The molecule has 1 aromatic heterocycles. The topological polar surface area (TPSA) is 33.1 Å². The van der Waals surface area contributed by atoms with E-state index in [1.54, 1.807) is 12.3 Å². The highest BCUT2D eigenvalue weighted by Crippen LogP contribution is 2.32. The van der Waals surface area contributed by atoms with Crippen molar-refractivity contribution in [2.45, 2.75) is 0 Å². The van der Waals surface area contributed by atoms with Crippen LogP contribution >= 0.6 is 0 Å². The van der Waals surface area contributed by atoms with Gasteiger partial charge in [0, 0.05) is 17.8 Å². The van der Waals surface area contributed by atoms with E-state index in [2.05, 4.69) is 4.98 Å². The van der Waals surface area contributed by atoms with E-state index >= 15 is 0 Å². The number of hydrogen-bond donors (Lipinski definition) is 1. The van der Waals surface area contributed by atoms with Gasteiger partial charge in [-0.1, -0.05) is 36.4 Å². The second-order valence-corrected chi connectivity index (χ2v) is 4.84. The van der Waals surface area contributed by atoms with Crippen LogP contribution in [0.2, 0.25) is 0 Å². The van der Waals surface area contributed by atoms with Gasteiger partial charge in [-0.3, -0.25) is 4.98 Å². The van der Waals surface area contributed by atoms with E-state index in [1.165, 1.54) is 6.07 Å². The maximum Gasteiger partial charge on any atom is 0.126 e.